The van der Waals surface area contributed by atoms with Gasteiger partial charge in [-0.1, -0.05) is 0 Å². The normalized spacial score (nSPS) is 12.8. The van der Waals surface area contributed by atoms with E-state index in [1.165, 1.54) is 0 Å². The molecule has 0 saturated heterocycles. The Morgan fingerprint density at radius 2 is 0.431 bits per heavy atom. The first-order valence-electron chi connectivity index (χ1n) is 14.7. The van der Waals surface area contributed by atoms with E-state index in [0.717, 1.165) is 0 Å². The largest absolute Gasteiger partial charge is 0.326 e. The second kappa shape index (κ2) is 16.3. The third-order valence-electron chi connectivity index (χ3n) is 7.36. The zero-order chi connectivity index (χ0) is 43.4. The average molecular weight is 927 g/mol. The molecule has 310 valence electrons. The molecule has 0 aliphatic heterocycles. The van der Waals surface area contributed by atoms with Crippen LogP contribution in [0.25, 0.3) is 0 Å². The van der Waals surface area contributed by atoms with Crippen LogP contribution in [0.4, 0.5) is 87.8 Å². The van der Waals surface area contributed by atoms with Gasteiger partial charge in [-0.2, -0.15) is 35.1 Å². The van der Waals surface area contributed by atoms with Crippen molar-refractivity contribution in [1.82, 2.24) is 0 Å². The van der Waals surface area contributed by atoms with Crippen LogP contribution < -0.4 is 0 Å². The molecule has 5 aromatic rings. The van der Waals surface area contributed by atoms with Crippen LogP contribution in [-0.4, -0.2) is 0 Å². The Hall–Kier alpha value is -3.90. The molecule has 0 aliphatic rings. The molecule has 0 radical (unpaired) electrons. The molecular weight excluding hydrogens is 917 g/mol. The van der Waals surface area contributed by atoms with Crippen LogP contribution in [-0.2, 0) is 21.0 Å². The maximum atomic E-state index is 15.7. The van der Waals surface area contributed by atoms with Crippen molar-refractivity contribution >= 4 is 47.0 Å². The van der Waals surface area contributed by atoms with Crippen molar-refractivity contribution < 1.29 is 87.8 Å². The maximum Gasteiger partial charge on any atom is 0.326 e. The molecule has 0 heterocycles. The van der Waals surface area contributed by atoms with Crippen molar-refractivity contribution in [3.63, 3.8) is 0 Å². The zero-order valence-corrected chi connectivity index (χ0v) is 30.2. The Morgan fingerprint density at radius 1 is 0.259 bits per heavy atom. The van der Waals surface area contributed by atoms with Gasteiger partial charge in [0, 0.05) is 19.6 Å². The molecule has 5 aromatic carbocycles. The van der Waals surface area contributed by atoms with E-state index in [9.17, 15) is 52.7 Å². The molecule has 0 amide bonds. The molecule has 0 fully saturated rings. The first kappa shape index (κ1) is 45.2. The van der Waals surface area contributed by atoms with E-state index in [1.807, 2.05) is 0 Å². The minimum atomic E-state index is -4.99. The lowest BCUT2D eigenvalue weighted by Crippen LogP contribution is -2.16. The van der Waals surface area contributed by atoms with Gasteiger partial charge in [-0.15, -0.1) is 0 Å². The summed E-state index contributed by atoms with van der Waals surface area (Å²) in [6, 6.07) is -0.550. The standard InChI is InChI=1S/C34H10F20S4/c35-15-5-1-11(23(39)27(15)43)31(47,48)55-19-9-21(57-33(51,52)13-3-7-17(37)29(45)25(13)41)22(58-34(53,54)14-4-8-18(38)30(46)26(14)42)10-20(19)56-32(49,50)12-2-6-16(36)28(44)24(12)40/h1-10H. The Labute approximate surface area is 327 Å². The quantitative estimate of drug-likeness (QED) is 0.0694. The molecule has 24 heteroatoms. The van der Waals surface area contributed by atoms with Crippen LogP contribution in [0.15, 0.2) is 80.2 Å². The Kier molecular flexibility index (Phi) is 12.7. The van der Waals surface area contributed by atoms with Crippen molar-refractivity contribution in [2.45, 2.75) is 40.6 Å². The van der Waals surface area contributed by atoms with Crippen LogP contribution >= 0.6 is 47.0 Å². The summed E-state index contributed by atoms with van der Waals surface area (Å²) >= 11 is -4.65. The van der Waals surface area contributed by atoms with E-state index in [2.05, 4.69) is 0 Å². The molecule has 0 bridgehead atoms. The topological polar surface area (TPSA) is 0 Å². The van der Waals surface area contributed by atoms with E-state index in [1.54, 1.807) is 0 Å². The number of halogens is 20. The highest BCUT2D eigenvalue weighted by molar-refractivity contribution is 8.04. The summed E-state index contributed by atoms with van der Waals surface area (Å²) in [6.45, 7) is 0. The molecule has 5 rings (SSSR count). The van der Waals surface area contributed by atoms with Crippen LogP contribution in [0.5, 0.6) is 0 Å². The predicted octanol–water partition coefficient (Wildman–Crippen LogP) is 14.7. The first-order valence-corrected chi connectivity index (χ1v) is 18.0. The fraction of sp³-hybridized carbons (Fsp3) is 0.118. The summed E-state index contributed by atoms with van der Waals surface area (Å²) in [7, 11) is 0. The monoisotopic (exact) mass is 926 g/mol. The van der Waals surface area contributed by atoms with Crippen LogP contribution in [0.2, 0.25) is 0 Å². The molecule has 0 N–H and O–H groups in total. The molecule has 0 saturated carbocycles. The molecule has 0 aliphatic carbocycles. The lowest BCUT2D eigenvalue weighted by atomic mass is 10.2. The minimum Gasteiger partial charge on any atom is -0.204 e. The summed E-state index contributed by atoms with van der Waals surface area (Å²) in [5.41, 5.74) is -8.19. The molecular formula is C34H10F20S4. The molecule has 0 atom stereocenters. The van der Waals surface area contributed by atoms with Crippen LogP contribution in [0.3, 0.4) is 0 Å². The second-order valence-corrected chi connectivity index (χ2v) is 15.7. The fourth-order valence-corrected chi connectivity index (χ4v) is 8.79. The molecule has 0 unspecified atom stereocenters. The third-order valence-corrected chi connectivity index (χ3v) is 11.8. The summed E-state index contributed by atoms with van der Waals surface area (Å²) in [5.74, 6) is -28.4. The number of hydrogen-bond donors (Lipinski definition) is 0. The summed E-state index contributed by atoms with van der Waals surface area (Å²) < 4.78 is 294. The van der Waals surface area contributed by atoms with Crippen LogP contribution in [0.1, 0.15) is 22.3 Å². The molecule has 0 aromatic heterocycles. The van der Waals surface area contributed by atoms with Crippen molar-refractivity contribution in [3.8, 4) is 0 Å². The van der Waals surface area contributed by atoms with Crippen molar-refractivity contribution in [2.24, 2.45) is 0 Å². The average Bonchev–Trinajstić information content (AvgIpc) is 3.11. The number of thioether (sulfide) groups is 4. The number of alkyl halides is 8. The Bertz CT molecular complexity index is 2090. The molecule has 58 heavy (non-hydrogen) atoms. The zero-order valence-electron chi connectivity index (χ0n) is 27.0. The van der Waals surface area contributed by atoms with Gasteiger partial charge >= 0.3 is 21.0 Å². The van der Waals surface area contributed by atoms with Gasteiger partial charge in [0.25, 0.3) is 0 Å². The van der Waals surface area contributed by atoms with Crippen molar-refractivity contribution in [1.29, 1.82) is 0 Å². The Morgan fingerprint density at radius 3 is 0.603 bits per heavy atom. The van der Waals surface area contributed by atoms with Gasteiger partial charge in [-0.3, -0.25) is 0 Å². The van der Waals surface area contributed by atoms with Gasteiger partial charge in [0.1, 0.15) is 0 Å². The van der Waals surface area contributed by atoms with Crippen molar-refractivity contribution in [2.75, 3.05) is 0 Å². The van der Waals surface area contributed by atoms with E-state index in [-0.39, 0.29) is 60.7 Å². The SMILES string of the molecule is Fc1ccc(C(F)(F)Sc2cc(SC(F)(F)c3ccc(F)c(F)c3F)c(SC(F)(F)c3ccc(F)c(F)c3F)cc2SC(F)(F)c2ccc(F)c(F)c2F)c(F)c1F. The highest BCUT2D eigenvalue weighted by Gasteiger charge is 2.46. The van der Waals surface area contributed by atoms with E-state index < -0.39 is 180 Å². The smallest absolute Gasteiger partial charge is 0.204 e. The van der Waals surface area contributed by atoms with Gasteiger partial charge in [0.15, 0.2) is 69.8 Å². The molecule has 0 spiro atoms. The van der Waals surface area contributed by atoms with E-state index >= 15 is 35.1 Å². The predicted molar refractivity (Wildman–Crippen MR) is 171 cm³/mol. The van der Waals surface area contributed by atoms with Gasteiger partial charge in [-0.25, -0.2) is 52.7 Å². The van der Waals surface area contributed by atoms with E-state index in [4.69, 9.17) is 0 Å². The first-order chi connectivity index (χ1) is 26.7. The number of rotatable bonds is 12. The van der Waals surface area contributed by atoms with Crippen LogP contribution in [0, 0.1) is 69.8 Å². The van der Waals surface area contributed by atoms with Gasteiger partial charge < -0.3 is 0 Å². The lowest BCUT2D eigenvalue weighted by Gasteiger charge is -2.26. The highest BCUT2D eigenvalue weighted by atomic mass is 32.2. The third kappa shape index (κ3) is 8.83. The van der Waals surface area contributed by atoms with Gasteiger partial charge in [0.2, 0.25) is 0 Å². The Balaban J connectivity index is 1.78. The number of benzene rings is 5. The fourth-order valence-electron chi connectivity index (χ4n) is 4.62. The summed E-state index contributed by atoms with van der Waals surface area (Å²) in [4.78, 5) is -6.18. The van der Waals surface area contributed by atoms with Gasteiger partial charge in [-0.05, 0) is 108 Å². The summed E-state index contributed by atoms with van der Waals surface area (Å²) in [5, 5.41) is -19.9. The summed E-state index contributed by atoms with van der Waals surface area (Å²) in [6.07, 6.45) is 0. The van der Waals surface area contributed by atoms with E-state index in [0.29, 0.717) is 0 Å². The molecule has 0 nitrogen and oxygen atoms in total. The number of hydrogen-bond acceptors (Lipinski definition) is 4. The maximum absolute atomic E-state index is 15.7. The second-order valence-electron chi connectivity index (χ2n) is 11.1. The van der Waals surface area contributed by atoms with Gasteiger partial charge in [0.05, 0.1) is 22.3 Å². The van der Waals surface area contributed by atoms with Crippen molar-refractivity contribution in [3.05, 3.63) is 153 Å². The minimum absolute atomic E-state index is 0.0324. The highest BCUT2D eigenvalue weighted by Crippen LogP contribution is 2.58. The lowest BCUT2D eigenvalue weighted by molar-refractivity contribution is 0.0968.